The molecule has 2 aromatic rings. The van der Waals surface area contributed by atoms with Crippen LogP contribution in [0.2, 0.25) is 0 Å². The van der Waals surface area contributed by atoms with E-state index >= 15 is 0 Å². The van der Waals surface area contributed by atoms with Gasteiger partial charge in [0.25, 0.3) is 0 Å². The van der Waals surface area contributed by atoms with Crippen molar-refractivity contribution in [2.24, 2.45) is 0 Å². The Morgan fingerprint density at radius 3 is 2.19 bits per heavy atom. The molecule has 0 aliphatic carbocycles. The molecule has 2 nitrogen and oxygen atoms in total. The number of rotatable bonds is 5. The topological polar surface area (TPSA) is 21.3 Å². The first kappa shape index (κ1) is 15.6. The van der Waals surface area contributed by atoms with Gasteiger partial charge in [-0.1, -0.05) is 48.4 Å². The fourth-order valence-electron chi connectivity index (χ4n) is 2.74. The number of methoxy groups -OCH3 is 1. The molecular formula is C19H25NO. The van der Waals surface area contributed by atoms with Crippen LogP contribution < -0.4 is 10.1 Å². The summed E-state index contributed by atoms with van der Waals surface area (Å²) in [6, 6.07) is 13.1. The van der Waals surface area contributed by atoms with Gasteiger partial charge in [0, 0.05) is 5.56 Å². The van der Waals surface area contributed by atoms with Gasteiger partial charge in [0.15, 0.2) is 0 Å². The molecule has 0 fully saturated rings. The number of benzene rings is 2. The first-order valence-corrected chi connectivity index (χ1v) is 7.52. The molecule has 2 rings (SSSR count). The van der Waals surface area contributed by atoms with Crippen LogP contribution in [0.3, 0.4) is 0 Å². The molecule has 21 heavy (non-hydrogen) atoms. The summed E-state index contributed by atoms with van der Waals surface area (Å²) in [5, 5.41) is 3.61. The summed E-state index contributed by atoms with van der Waals surface area (Å²) in [7, 11) is 1.74. The minimum Gasteiger partial charge on any atom is -0.496 e. The quantitative estimate of drug-likeness (QED) is 0.882. The maximum absolute atomic E-state index is 5.58. The number of nitrogens with one attached hydrogen (secondary N) is 1. The van der Waals surface area contributed by atoms with Crippen molar-refractivity contribution in [3.8, 4) is 5.75 Å². The second-order valence-corrected chi connectivity index (χ2v) is 5.60. The molecule has 2 heteroatoms. The first-order valence-electron chi connectivity index (χ1n) is 7.52. The van der Waals surface area contributed by atoms with Gasteiger partial charge in [0.05, 0.1) is 13.2 Å². The molecule has 1 N–H and O–H groups in total. The minimum absolute atomic E-state index is 0.157. The van der Waals surface area contributed by atoms with Gasteiger partial charge in [0.2, 0.25) is 0 Å². The standard InChI is InChI=1S/C19H25NO/c1-6-20-19(16-11-13(2)7-9-15(16)4)17-12-14(3)8-10-18(17)21-5/h7-12,19-20H,6H2,1-5H3. The van der Waals surface area contributed by atoms with Gasteiger partial charge in [-0.25, -0.2) is 0 Å². The molecule has 0 bridgehead atoms. The molecule has 112 valence electrons. The van der Waals surface area contributed by atoms with Crippen LogP contribution in [0.15, 0.2) is 36.4 Å². The summed E-state index contributed by atoms with van der Waals surface area (Å²) in [5.74, 6) is 0.937. The van der Waals surface area contributed by atoms with Crippen LogP contribution in [0, 0.1) is 20.8 Å². The Labute approximate surface area is 128 Å². The van der Waals surface area contributed by atoms with Crippen molar-refractivity contribution < 1.29 is 4.74 Å². The van der Waals surface area contributed by atoms with E-state index in [4.69, 9.17) is 4.74 Å². The van der Waals surface area contributed by atoms with Gasteiger partial charge in [-0.05, 0) is 44.5 Å². The molecule has 0 saturated carbocycles. The minimum atomic E-state index is 0.157. The van der Waals surface area contributed by atoms with Crippen LogP contribution >= 0.6 is 0 Å². The van der Waals surface area contributed by atoms with E-state index in [-0.39, 0.29) is 6.04 Å². The Hall–Kier alpha value is -1.80. The van der Waals surface area contributed by atoms with Crippen molar-refractivity contribution >= 4 is 0 Å². The van der Waals surface area contributed by atoms with Crippen molar-refractivity contribution in [1.29, 1.82) is 0 Å². The molecule has 0 amide bonds. The molecule has 0 aliphatic heterocycles. The Kier molecular flexibility index (Phi) is 5.03. The van der Waals surface area contributed by atoms with Crippen LogP contribution in [0.4, 0.5) is 0 Å². The third kappa shape index (κ3) is 3.45. The lowest BCUT2D eigenvalue weighted by atomic mass is 9.92. The maximum Gasteiger partial charge on any atom is 0.123 e. The molecule has 0 radical (unpaired) electrons. The fraction of sp³-hybridized carbons (Fsp3) is 0.368. The molecule has 1 atom stereocenters. The molecular weight excluding hydrogens is 258 g/mol. The van der Waals surface area contributed by atoms with E-state index in [1.54, 1.807) is 7.11 Å². The van der Waals surface area contributed by atoms with Gasteiger partial charge in [0.1, 0.15) is 5.75 Å². The highest BCUT2D eigenvalue weighted by Gasteiger charge is 2.19. The monoisotopic (exact) mass is 283 g/mol. The largest absolute Gasteiger partial charge is 0.496 e. The second-order valence-electron chi connectivity index (χ2n) is 5.60. The van der Waals surface area contributed by atoms with E-state index in [0.717, 1.165) is 12.3 Å². The van der Waals surface area contributed by atoms with Crippen molar-refractivity contribution in [2.75, 3.05) is 13.7 Å². The Morgan fingerprint density at radius 1 is 0.952 bits per heavy atom. The molecule has 1 unspecified atom stereocenters. The highest BCUT2D eigenvalue weighted by atomic mass is 16.5. The Balaban J connectivity index is 2.58. The van der Waals surface area contributed by atoms with E-state index in [0.29, 0.717) is 0 Å². The van der Waals surface area contributed by atoms with Crippen molar-refractivity contribution in [2.45, 2.75) is 33.7 Å². The smallest absolute Gasteiger partial charge is 0.123 e. The summed E-state index contributed by atoms with van der Waals surface area (Å²) in [4.78, 5) is 0. The van der Waals surface area contributed by atoms with Crippen LogP contribution in [0.5, 0.6) is 5.75 Å². The summed E-state index contributed by atoms with van der Waals surface area (Å²) in [5.41, 5.74) is 6.35. The number of aryl methyl sites for hydroxylation is 3. The first-order chi connectivity index (χ1) is 10.1. The average molecular weight is 283 g/mol. The van der Waals surface area contributed by atoms with Gasteiger partial charge in [-0.3, -0.25) is 0 Å². The van der Waals surface area contributed by atoms with Crippen LogP contribution in [-0.4, -0.2) is 13.7 Å². The Bertz CT molecular complexity index is 619. The zero-order valence-electron chi connectivity index (χ0n) is 13.7. The predicted octanol–water partition coefficient (Wildman–Crippen LogP) is 4.32. The van der Waals surface area contributed by atoms with Gasteiger partial charge in [-0.15, -0.1) is 0 Å². The molecule has 0 aromatic heterocycles. The molecule has 0 spiro atoms. The van der Waals surface area contributed by atoms with Crippen molar-refractivity contribution in [3.63, 3.8) is 0 Å². The van der Waals surface area contributed by atoms with E-state index in [1.807, 2.05) is 0 Å². The summed E-state index contributed by atoms with van der Waals surface area (Å²) in [6.07, 6.45) is 0. The van der Waals surface area contributed by atoms with Crippen LogP contribution in [-0.2, 0) is 0 Å². The van der Waals surface area contributed by atoms with E-state index in [2.05, 4.69) is 69.4 Å². The molecule has 2 aromatic carbocycles. The zero-order valence-corrected chi connectivity index (χ0v) is 13.7. The molecule has 0 aliphatic rings. The lowest BCUT2D eigenvalue weighted by molar-refractivity contribution is 0.404. The summed E-state index contributed by atoms with van der Waals surface area (Å²) in [6.45, 7) is 9.48. The molecule has 0 saturated heterocycles. The van der Waals surface area contributed by atoms with Crippen molar-refractivity contribution in [1.82, 2.24) is 5.32 Å². The average Bonchev–Trinajstić information content (AvgIpc) is 2.47. The highest BCUT2D eigenvalue weighted by Crippen LogP contribution is 2.32. The summed E-state index contributed by atoms with van der Waals surface area (Å²) >= 11 is 0. The summed E-state index contributed by atoms with van der Waals surface area (Å²) < 4.78 is 5.58. The lowest BCUT2D eigenvalue weighted by Crippen LogP contribution is -2.23. The maximum atomic E-state index is 5.58. The number of hydrogen-bond donors (Lipinski definition) is 1. The zero-order chi connectivity index (χ0) is 15.4. The normalized spacial score (nSPS) is 12.2. The lowest BCUT2D eigenvalue weighted by Gasteiger charge is -2.24. The highest BCUT2D eigenvalue weighted by molar-refractivity contribution is 5.46. The van der Waals surface area contributed by atoms with E-state index in [9.17, 15) is 0 Å². The fourth-order valence-corrected chi connectivity index (χ4v) is 2.74. The van der Waals surface area contributed by atoms with Gasteiger partial charge >= 0.3 is 0 Å². The van der Waals surface area contributed by atoms with Crippen LogP contribution in [0.1, 0.15) is 40.8 Å². The number of ether oxygens (including phenoxy) is 1. The Morgan fingerprint density at radius 2 is 1.57 bits per heavy atom. The second kappa shape index (κ2) is 6.77. The molecule has 0 heterocycles. The van der Waals surface area contributed by atoms with Crippen molar-refractivity contribution in [3.05, 3.63) is 64.2 Å². The third-order valence-corrected chi connectivity index (χ3v) is 3.85. The van der Waals surface area contributed by atoms with Crippen LogP contribution in [0.25, 0.3) is 0 Å². The SMILES string of the molecule is CCNC(c1cc(C)ccc1C)c1cc(C)ccc1OC. The number of hydrogen-bond acceptors (Lipinski definition) is 2. The van der Waals surface area contributed by atoms with Gasteiger partial charge in [-0.2, -0.15) is 0 Å². The third-order valence-electron chi connectivity index (χ3n) is 3.85. The van der Waals surface area contributed by atoms with E-state index in [1.165, 1.54) is 27.8 Å². The predicted molar refractivity (Wildman–Crippen MR) is 89.2 cm³/mol. The van der Waals surface area contributed by atoms with Gasteiger partial charge < -0.3 is 10.1 Å². The van der Waals surface area contributed by atoms with E-state index < -0.39 is 0 Å².